The smallest absolute Gasteiger partial charge is 0.250 e. The molecule has 21 heavy (non-hydrogen) atoms. The Morgan fingerprint density at radius 1 is 1.38 bits per heavy atom. The summed E-state index contributed by atoms with van der Waals surface area (Å²) in [5, 5.41) is 2.88. The molecule has 4 N–H and O–H groups in total. The van der Waals surface area contributed by atoms with Gasteiger partial charge in [-0.3, -0.25) is 4.99 Å². The quantitative estimate of drug-likeness (QED) is 0.245. The van der Waals surface area contributed by atoms with Crippen LogP contribution < -0.4 is 15.8 Å². The lowest BCUT2D eigenvalue weighted by molar-refractivity contribution is 0.583. The fourth-order valence-corrected chi connectivity index (χ4v) is 3.78. The minimum atomic E-state index is -3.41. The van der Waals surface area contributed by atoms with Crippen molar-refractivity contribution in [3.8, 4) is 0 Å². The van der Waals surface area contributed by atoms with Crippen LogP contribution in [-0.2, 0) is 10.0 Å². The molecule has 0 fully saturated rings. The molecule has 0 saturated heterocycles. The Morgan fingerprint density at radius 3 is 2.67 bits per heavy atom. The summed E-state index contributed by atoms with van der Waals surface area (Å²) in [7, 11) is -3.41. The zero-order valence-corrected chi connectivity index (χ0v) is 16.2. The van der Waals surface area contributed by atoms with E-state index in [1.54, 1.807) is 12.1 Å². The first-order valence-electron chi connectivity index (χ1n) is 6.55. The van der Waals surface area contributed by atoms with Crippen LogP contribution in [0, 0.1) is 6.92 Å². The fraction of sp³-hybridized carbons (Fsp3) is 0.583. The second-order valence-corrected chi connectivity index (χ2v) is 7.59. The van der Waals surface area contributed by atoms with Crippen LogP contribution in [0.3, 0.4) is 0 Å². The summed E-state index contributed by atoms with van der Waals surface area (Å²) >= 11 is 1.25. The van der Waals surface area contributed by atoms with Crippen molar-refractivity contribution in [3.63, 3.8) is 0 Å². The summed E-state index contributed by atoms with van der Waals surface area (Å²) in [6.45, 7) is 5.32. The van der Waals surface area contributed by atoms with Crippen LogP contribution in [0.5, 0.6) is 0 Å². The average Bonchev–Trinajstić information content (AvgIpc) is 2.83. The van der Waals surface area contributed by atoms with Crippen molar-refractivity contribution < 1.29 is 8.42 Å². The second-order valence-electron chi connectivity index (χ2n) is 4.31. The van der Waals surface area contributed by atoms with E-state index in [2.05, 4.69) is 22.0 Å². The molecule has 0 aromatic carbocycles. The monoisotopic (exact) mass is 446 g/mol. The maximum atomic E-state index is 11.9. The number of halogens is 1. The molecule has 1 rings (SSSR count). The molecule has 0 unspecified atom stereocenters. The molecular weight excluding hydrogens is 423 g/mol. The van der Waals surface area contributed by atoms with E-state index in [1.807, 2.05) is 6.92 Å². The number of nitrogens with zero attached hydrogens (tertiary/aromatic N) is 1. The highest BCUT2D eigenvalue weighted by Crippen LogP contribution is 2.19. The molecular formula is C12H23IN4O2S2. The molecule has 0 radical (unpaired) electrons. The van der Waals surface area contributed by atoms with Crippen LogP contribution in [0.25, 0.3) is 0 Å². The minimum absolute atomic E-state index is 0. The molecule has 1 aromatic rings. The second kappa shape index (κ2) is 10.4. The topological polar surface area (TPSA) is 96.6 Å². The summed E-state index contributed by atoms with van der Waals surface area (Å²) in [6, 6.07) is 3.40. The lowest BCUT2D eigenvalue weighted by atomic mass is 10.3. The summed E-state index contributed by atoms with van der Waals surface area (Å²) in [4.78, 5) is 5.09. The van der Waals surface area contributed by atoms with Crippen LogP contribution in [-0.4, -0.2) is 34.0 Å². The molecule has 6 nitrogen and oxygen atoms in total. The van der Waals surface area contributed by atoms with Crippen molar-refractivity contribution in [1.29, 1.82) is 0 Å². The van der Waals surface area contributed by atoms with E-state index in [0.29, 0.717) is 23.3 Å². The van der Waals surface area contributed by atoms with Gasteiger partial charge in [-0.1, -0.05) is 13.3 Å². The normalized spacial score (nSPS) is 12.0. The van der Waals surface area contributed by atoms with Crippen molar-refractivity contribution in [3.05, 3.63) is 17.0 Å². The van der Waals surface area contributed by atoms with Crippen LogP contribution >= 0.6 is 35.3 Å². The van der Waals surface area contributed by atoms with Crippen molar-refractivity contribution in [2.45, 2.75) is 30.9 Å². The number of aryl methyl sites for hydroxylation is 1. The van der Waals surface area contributed by atoms with E-state index in [-0.39, 0.29) is 30.5 Å². The summed E-state index contributed by atoms with van der Waals surface area (Å²) in [5.74, 6) is 0.351. The van der Waals surface area contributed by atoms with E-state index in [4.69, 9.17) is 5.73 Å². The molecule has 0 aliphatic rings. The number of hydrogen-bond donors (Lipinski definition) is 3. The molecule has 0 atom stereocenters. The van der Waals surface area contributed by atoms with E-state index in [1.165, 1.54) is 11.3 Å². The Morgan fingerprint density at radius 2 is 2.10 bits per heavy atom. The van der Waals surface area contributed by atoms with Gasteiger partial charge in [-0.05, 0) is 25.5 Å². The number of unbranched alkanes of at least 4 members (excludes halogenated alkanes) is 1. The van der Waals surface area contributed by atoms with Crippen LogP contribution in [0.4, 0.5) is 0 Å². The van der Waals surface area contributed by atoms with E-state index < -0.39 is 10.0 Å². The zero-order valence-electron chi connectivity index (χ0n) is 12.3. The number of aliphatic imine (C=N–C) groups is 1. The number of guanidine groups is 1. The van der Waals surface area contributed by atoms with Crippen LogP contribution in [0.15, 0.2) is 21.3 Å². The number of nitrogens with one attached hydrogen (secondary N) is 2. The van der Waals surface area contributed by atoms with Crippen molar-refractivity contribution in [2.75, 3.05) is 19.6 Å². The van der Waals surface area contributed by atoms with Gasteiger partial charge in [-0.15, -0.1) is 35.3 Å². The first-order valence-corrected chi connectivity index (χ1v) is 8.85. The number of hydrogen-bond acceptors (Lipinski definition) is 4. The predicted molar refractivity (Wildman–Crippen MR) is 99.1 cm³/mol. The highest BCUT2D eigenvalue weighted by molar-refractivity contribution is 14.0. The van der Waals surface area contributed by atoms with Gasteiger partial charge in [-0.25, -0.2) is 13.1 Å². The van der Waals surface area contributed by atoms with Gasteiger partial charge >= 0.3 is 0 Å². The molecule has 122 valence electrons. The van der Waals surface area contributed by atoms with Crippen molar-refractivity contribution in [2.24, 2.45) is 10.7 Å². The molecule has 0 aliphatic heterocycles. The first kappa shape index (κ1) is 20.6. The van der Waals surface area contributed by atoms with Crippen LogP contribution in [0.1, 0.15) is 24.6 Å². The number of rotatable bonds is 8. The Hall–Kier alpha value is -0.390. The third kappa shape index (κ3) is 7.98. The number of thiophene rings is 1. The SMILES string of the molecule is CCCCN=C(N)NCCNS(=O)(=O)c1ccc(C)s1.I. The Kier molecular flexibility index (Phi) is 10.2. The zero-order chi connectivity index (χ0) is 15.0. The minimum Gasteiger partial charge on any atom is -0.370 e. The van der Waals surface area contributed by atoms with Crippen molar-refractivity contribution >= 4 is 51.3 Å². The number of sulfonamides is 1. The molecule has 0 amide bonds. The van der Waals surface area contributed by atoms with Gasteiger partial charge < -0.3 is 11.1 Å². The van der Waals surface area contributed by atoms with Gasteiger partial charge in [0.05, 0.1) is 0 Å². The van der Waals surface area contributed by atoms with Gasteiger partial charge in [-0.2, -0.15) is 0 Å². The maximum absolute atomic E-state index is 11.9. The molecule has 0 aliphatic carbocycles. The molecule has 0 spiro atoms. The molecule has 0 saturated carbocycles. The molecule has 0 bridgehead atoms. The largest absolute Gasteiger partial charge is 0.370 e. The predicted octanol–water partition coefficient (Wildman–Crippen LogP) is 1.66. The Labute approximate surface area is 147 Å². The maximum Gasteiger partial charge on any atom is 0.250 e. The lowest BCUT2D eigenvalue weighted by Gasteiger charge is -2.07. The van der Waals surface area contributed by atoms with Gasteiger partial charge in [0.15, 0.2) is 5.96 Å². The van der Waals surface area contributed by atoms with Gasteiger partial charge in [0.1, 0.15) is 4.21 Å². The van der Waals surface area contributed by atoms with E-state index in [0.717, 1.165) is 17.7 Å². The van der Waals surface area contributed by atoms with Crippen molar-refractivity contribution in [1.82, 2.24) is 10.0 Å². The summed E-state index contributed by atoms with van der Waals surface area (Å²) in [5.41, 5.74) is 5.64. The summed E-state index contributed by atoms with van der Waals surface area (Å²) in [6.07, 6.45) is 2.06. The van der Waals surface area contributed by atoms with Gasteiger partial charge in [0, 0.05) is 24.5 Å². The average molecular weight is 446 g/mol. The van der Waals surface area contributed by atoms with E-state index in [9.17, 15) is 8.42 Å². The lowest BCUT2D eigenvalue weighted by Crippen LogP contribution is -2.38. The summed E-state index contributed by atoms with van der Waals surface area (Å²) < 4.78 is 26.7. The first-order chi connectivity index (χ1) is 9.45. The molecule has 1 heterocycles. The fourth-order valence-electron chi connectivity index (χ4n) is 1.42. The highest BCUT2D eigenvalue weighted by atomic mass is 127. The molecule has 1 aromatic heterocycles. The Balaban J connectivity index is 0.00000400. The third-order valence-corrected chi connectivity index (χ3v) is 5.45. The van der Waals surface area contributed by atoms with Gasteiger partial charge in [0.25, 0.3) is 0 Å². The standard InChI is InChI=1S/C12H22N4O2S2.HI/c1-3-4-7-14-12(13)15-8-9-16-20(17,18)11-6-5-10(2)19-11;/h5-6,16H,3-4,7-9H2,1-2H3,(H3,13,14,15);1H. The van der Waals surface area contributed by atoms with E-state index >= 15 is 0 Å². The number of nitrogens with two attached hydrogens (primary N) is 1. The van der Waals surface area contributed by atoms with Crippen LogP contribution in [0.2, 0.25) is 0 Å². The molecule has 9 heteroatoms. The van der Waals surface area contributed by atoms with Gasteiger partial charge in [0.2, 0.25) is 10.0 Å². The highest BCUT2D eigenvalue weighted by Gasteiger charge is 2.14. The third-order valence-electron chi connectivity index (χ3n) is 2.50. The Bertz CT molecular complexity index is 543.